The monoisotopic (exact) mass is 517 g/mol. The SMILES string of the molecule is Cc1cccc(CC2(N(C)C)CCC(NC(=O)CCC(=O)N3CCC(C(=O)c4ccccc4)CC3)CC2)c1. The van der Waals surface area contributed by atoms with Gasteiger partial charge in [-0.15, -0.1) is 0 Å². The van der Waals surface area contributed by atoms with Crippen LogP contribution in [-0.4, -0.2) is 66.2 Å². The summed E-state index contributed by atoms with van der Waals surface area (Å²) in [5.41, 5.74) is 3.51. The van der Waals surface area contributed by atoms with Gasteiger partial charge in [-0.3, -0.25) is 14.4 Å². The van der Waals surface area contributed by atoms with Gasteiger partial charge in [-0.25, -0.2) is 0 Å². The first-order valence-electron chi connectivity index (χ1n) is 14.2. The third-order valence-corrected chi connectivity index (χ3v) is 8.69. The number of rotatable bonds is 9. The molecule has 1 heterocycles. The second-order valence-corrected chi connectivity index (χ2v) is 11.5. The van der Waals surface area contributed by atoms with Gasteiger partial charge < -0.3 is 15.1 Å². The molecule has 2 aromatic carbocycles. The summed E-state index contributed by atoms with van der Waals surface area (Å²) in [5, 5.41) is 3.19. The van der Waals surface area contributed by atoms with Crippen LogP contribution in [0.3, 0.4) is 0 Å². The molecule has 4 rings (SSSR count). The molecule has 0 atom stereocenters. The normalized spacial score (nSPS) is 22.3. The lowest BCUT2D eigenvalue weighted by molar-refractivity contribution is -0.134. The minimum absolute atomic E-state index is 0.0131. The van der Waals surface area contributed by atoms with E-state index in [1.807, 2.05) is 35.2 Å². The van der Waals surface area contributed by atoms with E-state index in [1.54, 1.807) is 0 Å². The maximum absolute atomic E-state index is 12.8. The number of aryl methyl sites for hydroxylation is 1. The molecule has 2 amide bonds. The van der Waals surface area contributed by atoms with Crippen LogP contribution in [0.2, 0.25) is 0 Å². The number of nitrogens with one attached hydrogen (secondary N) is 1. The number of benzene rings is 2. The maximum Gasteiger partial charge on any atom is 0.223 e. The number of hydrogen-bond donors (Lipinski definition) is 1. The highest BCUT2D eigenvalue weighted by molar-refractivity contribution is 5.98. The van der Waals surface area contributed by atoms with Gasteiger partial charge >= 0.3 is 0 Å². The fraction of sp³-hybridized carbons (Fsp3) is 0.531. The van der Waals surface area contributed by atoms with Gasteiger partial charge in [-0.1, -0.05) is 60.2 Å². The molecule has 1 N–H and O–H groups in total. The highest BCUT2D eigenvalue weighted by atomic mass is 16.2. The minimum atomic E-state index is -0.0338. The molecule has 1 saturated carbocycles. The van der Waals surface area contributed by atoms with E-state index in [4.69, 9.17) is 0 Å². The summed E-state index contributed by atoms with van der Waals surface area (Å²) in [6, 6.07) is 18.3. The van der Waals surface area contributed by atoms with E-state index in [-0.39, 0.29) is 47.9 Å². The van der Waals surface area contributed by atoms with E-state index < -0.39 is 0 Å². The molecule has 1 saturated heterocycles. The molecule has 1 aliphatic heterocycles. The van der Waals surface area contributed by atoms with Crippen molar-refractivity contribution in [2.45, 2.75) is 76.3 Å². The van der Waals surface area contributed by atoms with Gasteiger partial charge in [0.1, 0.15) is 0 Å². The Morgan fingerprint density at radius 2 is 1.61 bits per heavy atom. The Bertz CT molecular complexity index is 1100. The Labute approximate surface area is 227 Å². The second-order valence-electron chi connectivity index (χ2n) is 11.5. The molecule has 38 heavy (non-hydrogen) atoms. The van der Waals surface area contributed by atoms with E-state index in [0.717, 1.165) is 37.7 Å². The van der Waals surface area contributed by atoms with E-state index in [1.165, 1.54) is 11.1 Å². The number of nitrogens with zero attached hydrogens (tertiary/aromatic N) is 2. The number of amides is 2. The van der Waals surface area contributed by atoms with Gasteiger partial charge in [-0.2, -0.15) is 0 Å². The molecule has 2 aromatic rings. The standard InChI is InChI=1S/C32H43N3O3/c1-24-8-7-9-25(22-24)23-32(34(2)3)18-14-28(15-19-32)33-29(36)12-13-30(37)35-20-16-27(17-21-35)31(38)26-10-5-4-6-11-26/h4-11,22,27-28H,12-21,23H2,1-3H3,(H,33,36). The first-order valence-corrected chi connectivity index (χ1v) is 14.2. The fourth-order valence-electron chi connectivity index (χ4n) is 6.19. The molecular formula is C32H43N3O3. The zero-order valence-electron chi connectivity index (χ0n) is 23.2. The first-order chi connectivity index (χ1) is 18.3. The van der Waals surface area contributed by atoms with Gasteiger partial charge in [-0.05, 0) is 71.5 Å². The van der Waals surface area contributed by atoms with Crippen LogP contribution in [0.1, 0.15) is 72.9 Å². The summed E-state index contributed by atoms with van der Waals surface area (Å²) in [6.45, 7) is 3.30. The third-order valence-electron chi connectivity index (χ3n) is 8.69. The Balaban J connectivity index is 1.18. The van der Waals surface area contributed by atoms with E-state index in [9.17, 15) is 14.4 Å². The zero-order chi connectivity index (χ0) is 27.1. The molecule has 6 heteroatoms. The Morgan fingerprint density at radius 1 is 0.921 bits per heavy atom. The number of likely N-dealkylation sites (N-methyl/N-ethyl adjacent to an activating group) is 1. The van der Waals surface area contributed by atoms with Gasteiger partial charge in [0.25, 0.3) is 0 Å². The third kappa shape index (κ3) is 7.10. The topological polar surface area (TPSA) is 69.7 Å². The Kier molecular flexibility index (Phi) is 9.37. The molecule has 1 aliphatic carbocycles. The van der Waals surface area contributed by atoms with Gasteiger partial charge in [0.2, 0.25) is 11.8 Å². The molecule has 2 aliphatic rings. The number of piperidine rings is 1. The van der Waals surface area contributed by atoms with Crippen molar-refractivity contribution in [1.82, 2.24) is 15.1 Å². The van der Waals surface area contributed by atoms with Crippen molar-refractivity contribution in [2.24, 2.45) is 5.92 Å². The Hall–Kier alpha value is -2.99. The predicted octanol–water partition coefficient (Wildman–Crippen LogP) is 4.80. The van der Waals surface area contributed by atoms with Crippen molar-refractivity contribution in [3.05, 3.63) is 71.3 Å². The lowest BCUT2D eigenvalue weighted by Gasteiger charge is -2.45. The van der Waals surface area contributed by atoms with Crippen LogP contribution in [0.15, 0.2) is 54.6 Å². The summed E-state index contributed by atoms with van der Waals surface area (Å²) >= 11 is 0. The summed E-state index contributed by atoms with van der Waals surface area (Å²) < 4.78 is 0. The maximum atomic E-state index is 12.8. The van der Waals surface area contributed by atoms with E-state index >= 15 is 0 Å². The molecule has 0 aromatic heterocycles. The summed E-state index contributed by atoms with van der Waals surface area (Å²) in [5.74, 6) is 0.116. The predicted molar refractivity (Wildman–Crippen MR) is 151 cm³/mol. The van der Waals surface area contributed by atoms with Crippen LogP contribution in [0.4, 0.5) is 0 Å². The number of hydrogen-bond acceptors (Lipinski definition) is 4. The number of Topliss-reactive ketones (excluding diaryl/α,β-unsaturated/α-hetero) is 1. The van der Waals surface area contributed by atoms with Crippen LogP contribution in [0.5, 0.6) is 0 Å². The average Bonchev–Trinajstić information content (AvgIpc) is 2.93. The van der Waals surface area contributed by atoms with Crippen LogP contribution in [-0.2, 0) is 16.0 Å². The van der Waals surface area contributed by atoms with E-state index in [2.05, 4.69) is 55.5 Å². The van der Waals surface area contributed by atoms with Crippen LogP contribution in [0, 0.1) is 12.8 Å². The molecule has 0 unspecified atom stereocenters. The van der Waals surface area contributed by atoms with Gasteiger partial charge in [0.15, 0.2) is 5.78 Å². The van der Waals surface area contributed by atoms with Gasteiger partial charge in [0, 0.05) is 49.0 Å². The lowest BCUT2D eigenvalue weighted by Crippen LogP contribution is -2.52. The summed E-state index contributed by atoms with van der Waals surface area (Å²) in [4.78, 5) is 42.3. The van der Waals surface area contributed by atoms with Crippen molar-refractivity contribution in [3.63, 3.8) is 0 Å². The number of carbonyl (C=O) groups is 3. The molecule has 2 fully saturated rings. The van der Waals surface area contributed by atoms with Crippen molar-refractivity contribution in [1.29, 1.82) is 0 Å². The first kappa shape index (κ1) is 28.0. The number of carbonyl (C=O) groups excluding carboxylic acids is 3. The van der Waals surface area contributed by atoms with Crippen molar-refractivity contribution < 1.29 is 14.4 Å². The van der Waals surface area contributed by atoms with Crippen LogP contribution >= 0.6 is 0 Å². The van der Waals surface area contributed by atoms with Crippen molar-refractivity contribution in [2.75, 3.05) is 27.2 Å². The number of likely N-dealkylation sites (tertiary alicyclic amines) is 1. The van der Waals surface area contributed by atoms with Gasteiger partial charge in [0.05, 0.1) is 0 Å². The zero-order valence-corrected chi connectivity index (χ0v) is 23.2. The van der Waals surface area contributed by atoms with Crippen LogP contribution < -0.4 is 5.32 Å². The largest absolute Gasteiger partial charge is 0.353 e. The smallest absolute Gasteiger partial charge is 0.223 e. The average molecular weight is 518 g/mol. The molecule has 0 bridgehead atoms. The second kappa shape index (κ2) is 12.7. The van der Waals surface area contributed by atoms with E-state index in [0.29, 0.717) is 25.9 Å². The molecule has 0 spiro atoms. The lowest BCUT2D eigenvalue weighted by atomic mass is 9.74. The Morgan fingerprint density at radius 3 is 2.24 bits per heavy atom. The molecule has 6 nitrogen and oxygen atoms in total. The highest BCUT2D eigenvalue weighted by Gasteiger charge is 2.37. The summed E-state index contributed by atoms with van der Waals surface area (Å²) in [6.07, 6.45) is 6.81. The fourth-order valence-corrected chi connectivity index (χ4v) is 6.19. The highest BCUT2D eigenvalue weighted by Crippen LogP contribution is 2.35. The molecular weight excluding hydrogens is 474 g/mol. The van der Waals surface area contributed by atoms with Crippen LogP contribution in [0.25, 0.3) is 0 Å². The molecule has 0 radical (unpaired) electrons. The minimum Gasteiger partial charge on any atom is -0.353 e. The van der Waals surface area contributed by atoms with Crippen molar-refractivity contribution in [3.8, 4) is 0 Å². The quantitative estimate of drug-likeness (QED) is 0.485. The van der Waals surface area contributed by atoms with Crippen molar-refractivity contribution >= 4 is 17.6 Å². The number of ketones is 1. The summed E-state index contributed by atoms with van der Waals surface area (Å²) in [7, 11) is 4.33. The molecule has 204 valence electrons.